The van der Waals surface area contributed by atoms with Gasteiger partial charge in [0.25, 0.3) is 0 Å². The summed E-state index contributed by atoms with van der Waals surface area (Å²) < 4.78 is 13.6. The number of hydrogen-bond donors (Lipinski definition) is 0. The lowest BCUT2D eigenvalue weighted by Crippen LogP contribution is -1.94. The topological polar surface area (TPSA) is 60.1 Å². The van der Waals surface area contributed by atoms with Crippen molar-refractivity contribution in [1.82, 2.24) is 9.55 Å². The van der Waals surface area contributed by atoms with Crippen LogP contribution in [0.4, 0.5) is 0 Å². The Morgan fingerprint density at radius 3 is 2.71 bits per heavy atom. The van der Waals surface area contributed by atoms with E-state index in [0.717, 1.165) is 30.7 Å². The number of fused-ring (bicyclic) bond motifs is 1. The van der Waals surface area contributed by atoms with E-state index in [0.29, 0.717) is 17.2 Å². The van der Waals surface area contributed by atoms with Crippen LogP contribution >= 0.6 is 27.7 Å². The summed E-state index contributed by atoms with van der Waals surface area (Å²) in [6.07, 6.45) is 7.28. The fraction of sp³-hybridized carbons (Fsp3) is 0.0833. The minimum absolute atomic E-state index is 0.513. The van der Waals surface area contributed by atoms with E-state index in [-0.39, 0.29) is 0 Å². The number of rotatable bonds is 6. The van der Waals surface area contributed by atoms with Gasteiger partial charge in [-0.15, -0.1) is 0 Å². The molecule has 4 aromatic rings. The Morgan fingerprint density at radius 1 is 1.10 bits per heavy atom. The minimum atomic E-state index is 0.513. The summed E-state index contributed by atoms with van der Waals surface area (Å²) in [7, 11) is 3.23. The summed E-state index contributed by atoms with van der Waals surface area (Å²) in [5.41, 5.74) is 2.34. The van der Waals surface area contributed by atoms with Gasteiger partial charge in [0.2, 0.25) is 0 Å². The maximum Gasteiger partial charge on any atom is 0.161 e. The molecule has 0 aliphatic heterocycles. The van der Waals surface area contributed by atoms with Crippen LogP contribution in [0.5, 0.6) is 11.5 Å². The second-order valence-electron chi connectivity index (χ2n) is 6.56. The van der Waals surface area contributed by atoms with Crippen molar-refractivity contribution in [3.63, 3.8) is 0 Å². The Hall–Kier alpha value is -3.21. The van der Waals surface area contributed by atoms with Crippen molar-refractivity contribution in [2.75, 3.05) is 14.2 Å². The van der Waals surface area contributed by atoms with E-state index < -0.39 is 0 Å². The molecule has 2 aromatic carbocycles. The largest absolute Gasteiger partial charge is 0.493 e. The van der Waals surface area contributed by atoms with Crippen LogP contribution < -0.4 is 9.47 Å². The van der Waals surface area contributed by atoms with Crippen molar-refractivity contribution >= 4 is 50.4 Å². The summed E-state index contributed by atoms with van der Waals surface area (Å²) in [5.74, 6) is 1.35. The van der Waals surface area contributed by atoms with Gasteiger partial charge in [-0.3, -0.25) is 4.98 Å². The van der Waals surface area contributed by atoms with Gasteiger partial charge in [0.15, 0.2) is 11.5 Å². The maximum absolute atomic E-state index is 9.87. The predicted octanol–water partition coefficient (Wildman–Crippen LogP) is 6.49. The molecule has 2 aromatic heterocycles. The molecule has 0 atom stereocenters. The molecule has 0 aliphatic rings. The molecule has 154 valence electrons. The molecule has 5 nitrogen and oxygen atoms in total. The van der Waals surface area contributed by atoms with Crippen molar-refractivity contribution in [2.24, 2.45) is 0 Å². The standard InChI is InChI=1S/C24H18BrN3O2S/c1-29-22-6-4-20(13-23(22)30-2)31-24-7-9-27-15-17(24)12-19(14-26)28-10-8-16-11-18(25)3-5-21(16)28/h3-13,15H,1-2H3/b19-12-. The first kappa shape index (κ1) is 21.0. The zero-order chi connectivity index (χ0) is 21.8. The van der Waals surface area contributed by atoms with Crippen molar-refractivity contribution in [2.45, 2.75) is 9.79 Å². The van der Waals surface area contributed by atoms with Crippen LogP contribution in [0.3, 0.4) is 0 Å². The Labute approximate surface area is 193 Å². The summed E-state index contributed by atoms with van der Waals surface area (Å²) in [5, 5.41) is 10.9. The summed E-state index contributed by atoms with van der Waals surface area (Å²) in [4.78, 5) is 6.24. The molecule has 0 bridgehead atoms. The van der Waals surface area contributed by atoms with Gasteiger partial charge in [-0.1, -0.05) is 27.7 Å². The quantitative estimate of drug-likeness (QED) is 0.288. The second kappa shape index (κ2) is 9.29. The van der Waals surface area contributed by atoms with Crippen molar-refractivity contribution in [3.8, 4) is 17.6 Å². The van der Waals surface area contributed by atoms with Crippen LogP contribution in [0.1, 0.15) is 5.56 Å². The van der Waals surface area contributed by atoms with E-state index in [1.807, 2.05) is 65.4 Å². The highest BCUT2D eigenvalue weighted by molar-refractivity contribution is 9.10. The number of nitriles is 1. The van der Waals surface area contributed by atoms with Crippen LogP contribution in [-0.4, -0.2) is 23.8 Å². The average molecular weight is 492 g/mol. The van der Waals surface area contributed by atoms with E-state index in [9.17, 15) is 5.26 Å². The van der Waals surface area contributed by atoms with Crippen LogP contribution in [-0.2, 0) is 0 Å². The van der Waals surface area contributed by atoms with Gasteiger partial charge < -0.3 is 14.0 Å². The smallest absolute Gasteiger partial charge is 0.161 e. The molecule has 0 unspecified atom stereocenters. The molecular weight excluding hydrogens is 474 g/mol. The highest BCUT2D eigenvalue weighted by atomic mass is 79.9. The number of hydrogen-bond acceptors (Lipinski definition) is 5. The van der Waals surface area contributed by atoms with E-state index in [2.05, 4.69) is 27.0 Å². The Bertz CT molecular complexity index is 1320. The van der Waals surface area contributed by atoms with E-state index in [1.165, 1.54) is 0 Å². The molecule has 0 fully saturated rings. The number of ether oxygens (including phenoxy) is 2. The fourth-order valence-electron chi connectivity index (χ4n) is 3.23. The zero-order valence-electron chi connectivity index (χ0n) is 16.9. The number of halogens is 1. The molecule has 2 heterocycles. The predicted molar refractivity (Wildman–Crippen MR) is 127 cm³/mol. The highest BCUT2D eigenvalue weighted by Crippen LogP contribution is 2.37. The number of aromatic nitrogens is 2. The number of methoxy groups -OCH3 is 2. The minimum Gasteiger partial charge on any atom is -0.493 e. The normalized spacial score (nSPS) is 11.4. The molecule has 0 aliphatic carbocycles. The lowest BCUT2D eigenvalue weighted by Gasteiger charge is -2.11. The van der Waals surface area contributed by atoms with Gasteiger partial charge in [0.05, 0.1) is 19.7 Å². The van der Waals surface area contributed by atoms with Gasteiger partial charge >= 0.3 is 0 Å². The van der Waals surface area contributed by atoms with E-state index >= 15 is 0 Å². The van der Waals surface area contributed by atoms with Crippen LogP contribution in [0, 0.1) is 11.3 Å². The third-order valence-corrected chi connectivity index (χ3v) is 6.29. The van der Waals surface area contributed by atoms with Crippen molar-refractivity contribution in [1.29, 1.82) is 5.26 Å². The molecule has 0 saturated heterocycles. The number of benzene rings is 2. The molecule has 7 heteroatoms. The lowest BCUT2D eigenvalue weighted by atomic mass is 10.2. The zero-order valence-corrected chi connectivity index (χ0v) is 19.3. The molecule has 0 N–H and O–H groups in total. The van der Waals surface area contributed by atoms with Gasteiger partial charge in [0, 0.05) is 43.8 Å². The third kappa shape index (κ3) is 4.46. The number of allylic oxidation sites excluding steroid dienone is 1. The van der Waals surface area contributed by atoms with Crippen molar-refractivity contribution < 1.29 is 9.47 Å². The number of nitrogens with zero attached hydrogens (tertiary/aromatic N) is 3. The maximum atomic E-state index is 9.87. The monoisotopic (exact) mass is 491 g/mol. The van der Waals surface area contributed by atoms with Crippen molar-refractivity contribution in [3.05, 3.63) is 77.2 Å². The van der Waals surface area contributed by atoms with E-state index in [4.69, 9.17) is 9.47 Å². The first-order chi connectivity index (χ1) is 15.1. The summed E-state index contributed by atoms with van der Waals surface area (Å²) in [6, 6.07) is 18.0. The lowest BCUT2D eigenvalue weighted by molar-refractivity contribution is 0.354. The Balaban J connectivity index is 1.72. The van der Waals surface area contributed by atoms with Crippen LogP contribution in [0.25, 0.3) is 22.7 Å². The molecule has 0 saturated carbocycles. The van der Waals surface area contributed by atoms with Crippen LogP contribution in [0.2, 0.25) is 0 Å². The fourth-order valence-corrected chi connectivity index (χ4v) is 4.52. The molecule has 31 heavy (non-hydrogen) atoms. The van der Waals surface area contributed by atoms with Gasteiger partial charge in [-0.05, 0) is 54.6 Å². The highest BCUT2D eigenvalue weighted by Gasteiger charge is 2.11. The van der Waals surface area contributed by atoms with E-state index in [1.54, 1.807) is 38.4 Å². The molecule has 4 rings (SSSR count). The summed E-state index contributed by atoms with van der Waals surface area (Å²) in [6.45, 7) is 0. The molecular formula is C24H18BrN3O2S. The molecule has 0 amide bonds. The molecule has 0 spiro atoms. The summed E-state index contributed by atoms with van der Waals surface area (Å²) >= 11 is 5.07. The average Bonchev–Trinajstić information content (AvgIpc) is 3.21. The Kier molecular flexibility index (Phi) is 6.31. The van der Waals surface area contributed by atoms with Gasteiger partial charge in [-0.2, -0.15) is 5.26 Å². The SMILES string of the molecule is COc1ccc(Sc2ccncc2/C=C(/C#N)n2ccc3cc(Br)ccc32)cc1OC. The third-order valence-electron chi connectivity index (χ3n) is 4.71. The van der Waals surface area contributed by atoms with Gasteiger partial charge in [-0.25, -0.2) is 0 Å². The number of pyridine rings is 1. The van der Waals surface area contributed by atoms with Gasteiger partial charge in [0.1, 0.15) is 11.8 Å². The first-order valence-corrected chi connectivity index (χ1v) is 11.0. The molecule has 0 radical (unpaired) electrons. The second-order valence-corrected chi connectivity index (χ2v) is 8.59. The Morgan fingerprint density at radius 2 is 1.94 bits per heavy atom. The van der Waals surface area contributed by atoms with Crippen LogP contribution in [0.15, 0.2) is 81.4 Å². The first-order valence-electron chi connectivity index (χ1n) is 9.35.